The Morgan fingerprint density at radius 2 is 1.82 bits per heavy atom. The zero-order chi connectivity index (χ0) is 19.2. The Labute approximate surface area is 168 Å². The van der Waals surface area contributed by atoms with E-state index in [1.165, 1.54) is 10.8 Å². The van der Waals surface area contributed by atoms with Crippen molar-refractivity contribution in [1.29, 1.82) is 0 Å². The number of pyridine rings is 1. The number of hydrogen-bond donors (Lipinski definition) is 1. The number of hydrogen-bond acceptors (Lipinski definition) is 4. The SMILES string of the molecule is O=C(Cc1ccc2ccccc2c1)NCCCc1nc(-c2ccncc2)cs1. The van der Waals surface area contributed by atoms with Crippen LogP contribution in [0.3, 0.4) is 0 Å². The van der Waals surface area contributed by atoms with Crippen LogP contribution in [0.5, 0.6) is 0 Å². The topological polar surface area (TPSA) is 54.9 Å². The van der Waals surface area contributed by atoms with Crippen LogP contribution in [0.4, 0.5) is 0 Å². The minimum absolute atomic E-state index is 0.0619. The molecule has 28 heavy (non-hydrogen) atoms. The number of rotatable bonds is 7. The molecule has 1 amide bonds. The molecule has 0 aliphatic carbocycles. The van der Waals surface area contributed by atoms with Crippen LogP contribution < -0.4 is 5.32 Å². The zero-order valence-electron chi connectivity index (χ0n) is 15.5. The molecule has 0 atom stereocenters. The van der Waals surface area contributed by atoms with Crippen molar-refractivity contribution in [3.8, 4) is 11.3 Å². The first-order valence-corrected chi connectivity index (χ1v) is 10.2. The van der Waals surface area contributed by atoms with Crippen LogP contribution in [0.15, 0.2) is 72.4 Å². The van der Waals surface area contributed by atoms with Crippen molar-refractivity contribution in [2.24, 2.45) is 0 Å². The predicted molar refractivity (Wildman–Crippen MR) is 114 cm³/mol. The standard InChI is InChI=1S/C23H21N3OS/c27-22(15-17-7-8-18-4-1-2-5-20(18)14-17)25-11-3-6-23-26-21(16-28-23)19-9-12-24-13-10-19/h1-2,4-5,7-10,12-14,16H,3,6,11,15H2,(H,25,27). The number of fused-ring (bicyclic) bond motifs is 1. The Kier molecular flexibility index (Phi) is 5.73. The maximum Gasteiger partial charge on any atom is 0.224 e. The minimum Gasteiger partial charge on any atom is -0.356 e. The van der Waals surface area contributed by atoms with Crippen molar-refractivity contribution in [1.82, 2.24) is 15.3 Å². The Morgan fingerprint density at radius 3 is 2.68 bits per heavy atom. The molecule has 0 saturated heterocycles. The van der Waals surface area contributed by atoms with E-state index in [0.717, 1.165) is 34.7 Å². The van der Waals surface area contributed by atoms with Gasteiger partial charge in [0, 0.05) is 36.3 Å². The van der Waals surface area contributed by atoms with Gasteiger partial charge in [-0.1, -0.05) is 42.5 Å². The van der Waals surface area contributed by atoms with Gasteiger partial charge in [-0.15, -0.1) is 11.3 Å². The number of amides is 1. The van der Waals surface area contributed by atoms with Crippen LogP contribution in [0, 0.1) is 0 Å². The Morgan fingerprint density at radius 1 is 1.00 bits per heavy atom. The lowest BCUT2D eigenvalue weighted by atomic mass is 10.0. The summed E-state index contributed by atoms with van der Waals surface area (Å²) in [6.45, 7) is 0.663. The van der Waals surface area contributed by atoms with Gasteiger partial charge in [0.25, 0.3) is 0 Å². The summed E-state index contributed by atoms with van der Waals surface area (Å²) in [5.41, 5.74) is 3.11. The molecular formula is C23H21N3OS. The van der Waals surface area contributed by atoms with Gasteiger partial charge in [0.05, 0.1) is 17.1 Å². The molecule has 0 spiro atoms. The van der Waals surface area contributed by atoms with Crippen LogP contribution in [0.2, 0.25) is 0 Å². The molecule has 140 valence electrons. The van der Waals surface area contributed by atoms with Crippen LogP contribution in [0.25, 0.3) is 22.0 Å². The van der Waals surface area contributed by atoms with Crippen molar-refractivity contribution in [2.75, 3.05) is 6.54 Å². The van der Waals surface area contributed by atoms with E-state index in [-0.39, 0.29) is 5.91 Å². The van der Waals surface area contributed by atoms with E-state index in [1.807, 2.05) is 30.3 Å². The van der Waals surface area contributed by atoms with Gasteiger partial charge in [0.15, 0.2) is 0 Å². The summed E-state index contributed by atoms with van der Waals surface area (Å²) >= 11 is 1.66. The first-order valence-electron chi connectivity index (χ1n) is 9.37. The van der Waals surface area contributed by atoms with Crippen molar-refractivity contribution in [2.45, 2.75) is 19.3 Å². The van der Waals surface area contributed by atoms with E-state index in [0.29, 0.717) is 13.0 Å². The summed E-state index contributed by atoms with van der Waals surface area (Å²) < 4.78 is 0. The van der Waals surface area contributed by atoms with Gasteiger partial charge >= 0.3 is 0 Å². The molecule has 4 nitrogen and oxygen atoms in total. The quantitative estimate of drug-likeness (QED) is 0.470. The molecule has 4 aromatic rings. The third kappa shape index (κ3) is 4.61. The number of aryl methyl sites for hydroxylation is 1. The third-order valence-corrected chi connectivity index (χ3v) is 5.50. The number of nitrogens with one attached hydrogen (secondary N) is 1. The monoisotopic (exact) mass is 387 g/mol. The molecule has 1 N–H and O–H groups in total. The Bertz CT molecular complexity index is 1080. The molecule has 0 bridgehead atoms. The molecule has 0 aliphatic rings. The van der Waals surface area contributed by atoms with Crippen molar-refractivity contribution >= 4 is 28.0 Å². The van der Waals surface area contributed by atoms with Crippen LogP contribution in [0.1, 0.15) is 17.0 Å². The molecule has 2 heterocycles. The number of thiazole rings is 1. The number of benzene rings is 2. The predicted octanol–water partition coefficient (Wildman–Crippen LogP) is 4.65. The molecule has 4 rings (SSSR count). The van der Waals surface area contributed by atoms with Gasteiger partial charge in [-0.3, -0.25) is 9.78 Å². The van der Waals surface area contributed by atoms with Crippen molar-refractivity contribution in [3.63, 3.8) is 0 Å². The summed E-state index contributed by atoms with van der Waals surface area (Å²) in [4.78, 5) is 20.9. The third-order valence-electron chi connectivity index (χ3n) is 4.60. The second kappa shape index (κ2) is 8.76. The number of carbonyl (C=O) groups excluding carboxylic acids is 1. The molecule has 2 aromatic carbocycles. The Balaban J connectivity index is 1.24. The van der Waals surface area contributed by atoms with Gasteiger partial charge in [-0.05, 0) is 34.9 Å². The average molecular weight is 388 g/mol. The molecule has 5 heteroatoms. The van der Waals surface area contributed by atoms with E-state index in [4.69, 9.17) is 0 Å². The van der Waals surface area contributed by atoms with Crippen LogP contribution >= 0.6 is 11.3 Å². The fraction of sp³-hybridized carbons (Fsp3) is 0.174. The van der Waals surface area contributed by atoms with E-state index >= 15 is 0 Å². The summed E-state index contributed by atoms with van der Waals surface area (Å²) in [5, 5.41) is 8.55. The lowest BCUT2D eigenvalue weighted by Gasteiger charge is -2.06. The van der Waals surface area contributed by atoms with Crippen molar-refractivity contribution < 1.29 is 4.79 Å². The normalized spacial score (nSPS) is 10.9. The van der Waals surface area contributed by atoms with Crippen LogP contribution in [-0.4, -0.2) is 22.4 Å². The maximum absolute atomic E-state index is 12.2. The minimum atomic E-state index is 0.0619. The zero-order valence-corrected chi connectivity index (χ0v) is 16.3. The lowest BCUT2D eigenvalue weighted by molar-refractivity contribution is -0.120. The molecule has 0 radical (unpaired) electrons. The Hall–Kier alpha value is -3.05. The maximum atomic E-state index is 12.2. The first kappa shape index (κ1) is 18.3. The molecule has 2 aromatic heterocycles. The molecule has 0 saturated carbocycles. The summed E-state index contributed by atoms with van der Waals surface area (Å²) in [5.74, 6) is 0.0619. The summed E-state index contributed by atoms with van der Waals surface area (Å²) in [7, 11) is 0. The number of aromatic nitrogens is 2. The highest BCUT2D eigenvalue weighted by atomic mass is 32.1. The number of nitrogens with zero attached hydrogens (tertiary/aromatic N) is 2. The number of carbonyl (C=O) groups is 1. The lowest BCUT2D eigenvalue weighted by Crippen LogP contribution is -2.26. The van der Waals surface area contributed by atoms with E-state index in [1.54, 1.807) is 23.7 Å². The average Bonchev–Trinajstić information content (AvgIpc) is 3.21. The van der Waals surface area contributed by atoms with Gasteiger partial charge in [0.2, 0.25) is 5.91 Å². The summed E-state index contributed by atoms with van der Waals surface area (Å²) in [6, 6.07) is 18.3. The van der Waals surface area contributed by atoms with Crippen LogP contribution in [-0.2, 0) is 17.6 Å². The van der Waals surface area contributed by atoms with Gasteiger partial charge < -0.3 is 5.32 Å². The van der Waals surface area contributed by atoms with E-state index in [9.17, 15) is 4.79 Å². The largest absolute Gasteiger partial charge is 0.356 e. The van der Waals surface area contributed by atoms with Gasteiger partial charge in [0.1, 0.15) is 0 Å². The summed E-state index contributed by atoms with van der Waals surface area (Å²) in [6.07, 6.45) is 5.71. The van der Waals surface area contributed by atoms with Gasteiger partial charge in [-0.2, -0.15) is 0 Å². The van der Waals surface area contributed by atoms with E-state index in [2.05, 4.69) is 44.9 Å². The molecule has 0 unspecified atom stereocenters. The second-order valence-corrected chi connectivity index (χ2v) is 7.62. The highest BCUT2D eigenvalue weighted by molar-refractivity contribution is 7.09. The first-order chi connectivity index (χ1) is 13.8. The molecule has 0 aliphatic heterocycles. The van der Waals surface area contributed by atoms with E-state index < -0.39 is 0 Å². The molecular weight excluding hydrogens is 366 g/mol. The fourth-order valence-corrected chi connectivity index (χ4v) is 3.99. The highest BCUT2D eigenvalue weighted by Gasteiger charge is 2.06. The highest BCUT2D eigenvalue weighted by Crippen LogP contribution is 2.21. The fourth-order valence-electron chi connectivity index (χ4n) is 3.15. The van der Waals surface area contributed by atoms with Crippen molar-refractivity contribution in [3.05, 3.63) is 82.9 Å². The van der Waals surface area contributed by atoms with Gasteiger partial charge in [-0.25, -0.2) is 4.98 Å². The smallest absolute Gasteiger partial charge is 0.224 e. The second-order valence-electron chi connectivity index (χ2n) is 6.67. The molecule has 0 fully saturated rings.